The lowest BCUT2D eigenvalue weighted by atomic mass is 9.96. The number of hydrogen-bond acceptors (Lipinski definition) is 4. The number of nitrogens with one attached hydrogen (secondary N) is 1. The van der Waals surface area contributed by atoms with E-state index in [1.54, 1.807) is 7.11 Å². The van der Waals surface area contributed by atoms with Gasteiger partial charge in [-0.1, -0.05) is 19.1 Å². The zero-order valence-corrected chi connectivity index (χ0v) is 12.9. The molecule has 1 atom stereocenters. The lowest BCUT2D eigenvalue weighted by Gasteiger charge is -2.28. The van der Waals surface area contributed by atoms with Crippen molar-refractivity contribution < 1.29 is 9.47 Å². The number of rotatable bonds is 9. The van der Waals surface area contributed by atoms with Crippen molar-refractivity contribution in [2.45, 2.75) is 38.3 Å². The first kappa shape index (κ1) is 15.8. The quantitative estimate of drug-likeness (QED) is 0.759. The lowest BCUT2D eigenvalue weighted by Crippen LogP contribution is -2.51. The monoisotopic (exact) mass is 288 g/mol. The second-order valence-electron chi connectivity index (χ2n) is 5.65. The normalized spacial score (nSPS) is 17.0. The highest BCUT2D eigenvalue weighted by Gasteiger charge is 2.46. The number of nitrogens with zero attached hydrogens (tertiary/aromatic N) is 1. The molecule has 21 heavy (non-hydrogen) atoms. The van der Waals surface area contributed by atoms with Crippen molar-refractivity contribution in [2.24, 2.45) is 5.92 Å². The maximum atomic E-state index is 9.62. The highest BCUT2D eigenvalue weighted by molar-refractivity contribution is 5.29. The molecule has 0 heterocycles. The Morgan fingerprint density at radius 1 is 1.43 bits per heavy atom. The number of ether oxygens (including phenoxy) is 2. The van der Waals surface area contributed by atoms with Gasteiger partial charge in [0.15, 0.2) is 0 Å². The van der Waals surface area contributed by atoms with Crippen LogP contribution in [0.1, 0.15) is 31.7 Å². The van der Waals surface area contributed by atoms with E-state index in [1.807, 2.05) is 24.3 Å². The first-order valence-electron chi connectivity index (χ1n) is 7.61. The topological polar surface area (TPSA) is 54.3 Å². The summed E-state index contributed by atoms with van der Waals surface area (Å²) in [6.45, 7) is 3.91. The summed E-state index contributed by atoms with van der Waals surface area (Å²) < 4.78 is 11.0. The summed E-state index contributed by atoms with van der Waals surface area (Å²) in [5.41, 5.74) is 0.526. The average Bonchev–Trinajstić information content (AvgIpc) is 3.34. The molecule has 1 aromatic carbocycles. The molecule has 114 valence electrons. The summed E-state index contributed by atoms with van der Waals surface area (Å²) in [7, 11) is 1.68. The summed E-state index contributed by atoms with van der Waals surface area (Å²) in [4.78, 5) is 0. The van der Waals surface area contributed by atoms with Gasteiger partial charge in [-0.2, -0.15) is 5.26 Å². The van der Waals surface area contributed by atoms with Crippen LogP contribution in [-0.2, 0) is 11.3 Å². The van der Waals surface area contributed by atoms with E-state index in [2.05, 4.69) is 18.3 Å². The standard InChI is InChI=1S/C17H24N2O2/c1-3-9-19-17(12-18,15-7-8-15)13-21-16-6-4-5-14(10-16)11-20-2/h4-6,10,15,19H,3,7-9,11,13H2,1-2H3. The molecule has 4 heteroatoms. The maximum absolute atomic E-state index is 9.62. The first-order valence-corrected chi connectivity index (χ1v) is 7.61. The van der Waals surface area contributed by atoms with Gasteiger partial charge in [0.05, 0.1) is 12.7 Å². The van der Waals surface area contributed by atoms with Gasteiger partial charge >= 0.3 is 0 Å². The number of hydrogen-bond donors (Lipinski definition) is 1. The highest BCUT2D eigenvalue weighted by Crippen LogP contribution is 2.39. The Hall–Kier alpha value is -1.57. The van der Waals surface area contributed by atoms with E-state index in [0.29, 0.717) is 19.1 Å². The van der Waals surface area contributed by atoms with Gasteiger partial charge in [-0.15, -0.1) is 0 Å². The van der Waals surface area contributed by atoms with Crippen LogP contribution in [0, 0.1) is 17.2 Å². The van der Waals surface area contributed by atoms with Crippen molar-refractivity contribution in [1.82, 2.24) is 5.32 Å². The molecule has 1 unspecified atom stereocenters. The lowest BCUT2D eigenvalue weighted by molar-refractivity contribution is 0.183. The van der Waals surface area contributed by atoms with Gasteiger partial charge in [-0.3, -0.25) is 5.32 Å². The Kier molecular flexibility index (Phi) is 5.60. The zero-order valence-electron chi connectivity index (χ0n) is 12.9. The zero-order chi connectivity index (χ0) is 15.1. The second kappa shape index (κ2) is 7.44. The maximum Gasteiger partial charge on any atom is 0.143 e. The van der Waals surface area contributed by atoms with E-state index >= 15 is 0 Å². The number of nitriles is 1. The van der Waals surface area contributed by atoms with Crippen molar-refractivity contribution >= 4 is 0 Å². The van der Waals surface area contributed by atoms with Gasteiger partial charge in [0, 0.05) is 7.11 Å². The second-order valence-corrected chi connectivity index (χ2v) is 5.65. The summed E-state index contributed by atoms with van der Waals surface area (Å²) >= 11 is 0. The molecule has 1 aromatic rings. The Balaban J connectivity index is 2.01. The molecule has 0 saturated heterocycles. The summed E-state index contributed by atoms with van der Waals surface area (Å²) in [6, 6.07) is 10.3. The average molecular weight is 288 g/mol. The fourth-order valence-corrected chi connectivity index (χ4v) is 2.49. The molecule has 0 radical (unpaired) electrons. The smallest absolute Gasteiger partial charge is 0.143 e. The third kappa shape index (κ3) is 4.20. The Bertz CT molecular complexity index is 494. The minimum absolute atomic E-state index is 0.393. The van der Waals surface area contributed by atoms with Crippen molar-refractivity contribution in [2.75, 3.05) is 20.3 Å². The van der Waals surface area contributed by atoms with Crippen LogP contribution in [0.25, 0.3) is 0 Å². The fraction of sp³-hybridized carbons (Fsp3) is 0.588. The fourth-order valence-electron chi connectivity index (χ4n) is 2.49. The van der Waals surface area contributed by atoms with E-state index in [9.17, 15) is 5.26 Å². The predicted octanol–water partition coefficient (Wildman–Crippen LogP) is 2.88. The SMILES string of the molecule is CCCNC(C#N)(COc1cccc(COC)c1)C1CC1. The minimum atomic E-state index is -0.548. The molecular formula is C17H24N2O2. The van der Waals surface area contributed by atoms with Crippen molar-refractivity contribution in [3.05, 3.63) is 29.8 Å². The molecule has 1 aliphatic carbocycles. The molecule has 1 fully saturated rings. The van der Waals surface area contributed by atoms with E-state index < -0.39 is 5.54 Å². The van der Waals surface area contributed by atoms with Gasteiger partial charge < -0.3 is 9.47 Å². The molecule has 0 aliphatic heterocycles. The first-order chi connectivity index (χ1) is 10.2. The van der Waals surface area contributed by atoms with Gasteiger partial charge in [0.25, 0.3) is 0 Å². The molecule has 0 amide bonds. The molecule has 4 nitrogen and oxygen atoms in total. The van der Waals surface area contributed by atoms with Crippen LogP contribution >= 0.6 is 0 Å². The summed E-state index contributed by atoms with van der Waals surface area (Å²) in [6.07, 6.45) is 3.23. The van der Waals surface area contributed by atoms with Crippen LogP contribution in [0.5, 0.6) is 5.75 Å². The molecule has 2 rings (SSSR count). The van der Waals surface area contributed by atoms with Crippen LogP contribution in [0.15, 0.2) is 24.3 Å². The summed E-state index contributed by atoms with van der Waals surface area (Å²) in [5.74, 6) is 1.21. The van der Waals surface area contributed by atoms with Crippen molar-refractivity contribution in [3.8, 4) is 11.8 Å². The third-order valence-electron chi connectivity index (χ3n) is 3.84. The number of benzene rings is 1. The molecular weight excluding hydrogens is 264 g/mol. The largest absolute Gasteiger partial charge is 0.491 e. The van der Waals surface area contributed by atoms with E-state index in [4.69, 9.17) is 9.47 Å². The van der Waals surface area contributed by atoms with Crippen LogP contribution in [0.3, 0.4) is 0 Å². The van der Waals surface area contributed by atoms with Crippen LogP contribution < -0.4 is 10.1 Å². The van der Waals surface area contributed by atoms with Crippen LogP contribution in [-0.4, -0.2) is 25.8 Å². The molecule has 1 saturated carbocycles. The molecule has 1 aliphatic rings. The molecule has 0 bridgehead atoms. The van der Waals surface area contributed by atoms with Crippen molar-refractivity contribution in [1.29, 1.82) is 5.26 Å². The Morgan fingerprint density at radius 3 is 2.86 bits per heavy atom. The van der Waals surface area contributed by atoms with Crippen LogP contribution in [0.4, 0.5) is 0 Å². The third-order valence-corrected chi connectivity index (χ3v) is 3.84. The van der Waals surface area contributed by atoms with Crippen LogP contribution in [0.2, 0.25) is 0 Å². The predicted molar refractivity (Wildman–Crippen MR) is 82.0 cm³/mol. The van der Waals surface area contributed by atoms with Gasteiger partial charge in [-0.25, -0.2) is 0 Å². The Morgan fingerprint density at radius 2 is 2.24 bits per heavy atom. The highest BCUT2D eigenvalue weighted by atomic mass is 16.5. The van der Waals surface area contributed by atoms with Gasteiger partial charge in [0.2, 0.25) is 0 Å². The molecule has 0 spiro atoms. The number of methoxy groups -OCH3 is 1. The molecule has 1 N–H and O–H groups in total. The summed E-state index contributed by atoms with van der Waals surface area (Å²) in [5, 5.41) is 13.0. The Labute approximate surface area is 127 Å². The van der Waals surface area contributed by atoms with Crippen molar-refractivity contribution in [3.63, 3.8) is 0 Å². The van der Waals surface area contributed by atoms with E-state index in [1.165, 1.54) is 0 Å². The van der Waals surface area contributed by atoms with E-state index in [0.717, 1.165) is 37.1 Å². The van der Waals surface area contributed by atoms with Gasteiger partial charge in [0.1, 0.15) is 17.9 Å². The molecule has 0 aromatic heterocycles. The minimum Gasteiger partial charge on any atom is -0.491 e. The van der Waals surface area contributed by atoms with Gasteiger partial charge in [-0.05, 0) is 49.4 Å². The van der Waals surface area contributed by atoms with E-state index in [-0.39, 0.29) is 0 Å².